The molecule has 0 aliphatic rings. The third kappa shape index (κ3) is 4.36. The van der Waals surface area contributed by atoms with Gasteiger partial charge in [0.05, 0.1) is 6.61 Å². The van der Waals surface area contributed by atoms with E-state index < -0.39 is 0 Å². The van der Waals surface area contributed by atoms with E-state index in [0.717, 1.165) is 30.0 Å². The van der Waals surface area contributed by atoms with Crippen LogP contribution >= 0.6 is 11.8 Å². The summed E-state index contributed by atoms with van der Waals surface area (Å²) in [7, 11) is 0. The molecule has 21 heavy (non-hydrogen) atoms. The Morgan fingerprint density at radius 2 is 2.05 bits per heavy atom. The van der Waals surface area contributed by atoms with Crippen LogP contribution in [0.2, 0.25) is 0 Å². The summed E-state index contributed by atoms with van der Waals surface area (Å²) in [5.41, 5.74) is 0.455. The smallest absolute Gasteiger partial charge is 0.357 e. The number of aromatic amines is 1. The van der Waals surface area contributed by atoms with Gasteiger partial charge in [-0.2, -0.15) is 0 Å². The molecule has 1 aromatic carbocycles. The Balaban J connectivity index is 2.23. The third-order valence-corrected chi connectivity index (χ3v) is 3.92. The molecule has 0 aliphatic carbocycles. The van der Waals surface area contributed by atoms with Crippen LogP contribution in [0.15, 0.2) is 40.3 Å². The van der Waals surface area contributed by atoms with Crippen molar-refractivity contribution in [1.29, 1.82) is 0 Å². The van der Waals surface area contributed by atoms with E-state index in [-0.39, 0.29) is 5.97 Å². The van der Waals surface area contributed by atoms with Crippen LogP contribution in [-0.4, -0.2) is 22.5 Å². The lowest BCUT2D eigenvalue weighted by atomic mass is 10.2. The lowest BCUT2D eigenvalue weighted by molar-refractivity contribution is 0.0515. The second-order valence-corrected chi connectivity index (χ2v) is 5.67. The van der Waals surface area contributed by atoms with Gasteiger partial charge in [0.2, 0.25) is 0 Å². The van der Waals surface area contributed by atoms with E-state index in [1.165, 1.54) is 11.8 Å². The van der Waals surface area contributed by atoms with Crippen molar-refractivity contribution in [1.82, 2.24) is 9.97 Å². The molecule has 0 radical (unpaired) electrons. The molecule has 1 heterocycles. The minimum absolute atomic E-state index is 0.342. The number of H-pyrrole nitrogens is 1. The molecule has 0 bridgehead atoms. The van der Waals surface area contributed by atoms with Crippen molar-refractivity contribution in [3.8, 4) is 0 Å². The number of nitrogens with one attached hydrogen (secondary N) is 1. The summed E-state index contributed by atoms with van der Waals surface area (Å²) in [6.45, 7) is 4.29. The summed E-state index contributed by atoms with van der Waals surface area (Å²) in [6.07, 6.45) is 2.99. The fourth-order valence-corrected chi connectivity index (χ4v) is 2.79. The van der Waals surface area contributed by atoms with E-state index in [9.17, 15) is 4.79 Å². The van der Waals surface area contributed by atoms with Gasteiger partial charge in [0.25, 0.3) is 0 Å². The first-order valence-corrected chi connectivity index (χ1v) is 8.05. The summed E-state index contributed by atoms with van der Waals surface area (Å²) in [5, 5.41) is 0.686. The van der Waals surface area contributed by atoms with Crippen molar-refractivity contribution in [2.75, 3.05) is 6.61 Å². The fraction of sp³-hybridized carbons (Fsp3) is 0.375. The molecular formula is C16H20N2O2S. The Morgan fingerprint density at radius 1 is 1.29 bits per heavy atom. The zero-order chi connectivity index (χ0) is 15.1. The number of unbranched alkanes of at least 4 members (excludes halogenated alkanes) is 1. The minimum Gasteiger partial charge on any atom is -0.461 e. The highest BCUT2D eigenvalue weighted by Crippen LogP contribution is 2.29. The number of aryl methyl sites for hydroxylation is 1. The SMILES string of the molecule is CCCCc1nc(Sc2ccccc2)c(C(=O)OCC)[nH]1. The number of benzene rings is 1. The van der Waals surface area contributed by atoms with Crippen molar-refractivity contribution in [2.24, 2.45) is 0 Å². The van der Waals surface area contributed by atoms with Gasteiger partial charge < -0.3 is 9.72 Å². The third-order valence-electron chi connectivity index (χ3n) is 2.92. The number of hydrogen-bond donors (Lipinski definition) is 1. The maximum absolute atomic E-state index is 12.0. The van der Waals surface area contributed by atoms with Gasteiger partial charge in [0, 0.05) is 11.3 Å². The van der Waals surface area contributed by atoms with E-state index in [2.05, 4.69) is 16.9 Å². The average Bonchev–Trinajstić information content (AvgIpc) is 2.89. The number of imidazole rings is 1. The van der Waals surface area contributed by atoms with Gasteiger partial charge in [-0.05, 0) is 25.5 Å². The molecule has 0 saturated carbocycles. The number of nitrogens with zero attached hydrogens (tertiary/aromatic N) is 1. The fourth-order valence-electron chi connectivity index (χ4n) is 1.88. The summed E-state index contributed by atoms with van der Waals surface area (Å²) in [5.74, 6) is 0.504. The zero-order valence-electron chi connectivity index (χ0n) is 12.4. The number of hydrogen-bond acceptors (Lipinski definition) is 4. The molecular weight excluding hydrogens is 284 g/mol. The molecule has 1 N–H and O–H groups in total. The van der Waals surface area contributed by atoms with Crippen LogP contribution in [-0.2, 0) is 11.2 Å². The van der Waals surface area contributed by atoms with E-state index in [0.29, 0.717) is 17.3 Å². The van der Waals surface area contributed by atoms with Crippen LogP contribution in [0.5, 0.6) is 0 Å². The number of carbonyl (C=O) groups is 1. The van der Waals surface area contributed by atoms with Gasteiger partial charge >= 0.3 is 5.97 Å². The van der Waals surface area contributed by atoms with Gasteiger partial charge in [-0.1, -0.05) is 43.3 Å². The summed E-state index contributed by atoms with van der Waals surface area (Å²) in [4.78, 5) is 20.8. The monoisotopic (exact) mass is 304 g/mol. The molecule has 2 rings (SSSR count). The molecule has 5 heteroatoms. The first kappa shape index (κ1) is 15.6. The van der Waals surface area contributed by atoms with E-state index in [1.807, 2.05) is 30.3 Å². The highest BCUT2D eigenvalue weighted by Gasteiger charge is 2.19. The maximum Gasteiger partial charge on any atom is 0.357 e. The second-order valence-electron chi connectivity index (χ2n) is 4.60. The maximum atomic E-state index is 12.0. The van der Waals surface area contributed by atoms with E-state index in [4.69, 9.17) is 4.74 Å². The van der Waals surface area contributed by atoms with Crippen LogP contribution in [0.1, 0.15) is 43.0 Å². The molecule has 0 fully saturated rings. The van der Waals surface area contributed by atoms with Gasteiger partial charge in [-0.15, -0.1) is 0 Å². The van der Waals surface area contributed by atoms with Crippen LogP contribution in [0, 0.1) is 0 Å². The zero-order valence-corrected chi connectivity index (χ0v) is 13.2. The van der Waals surface area contributed by atoms with Crippen molar-refractivity contribution in [3.63, 3.8) is 0 Å². The Hall–Kier alpha value is -1.75. The van der Waals surface area contributed by atoms with E-state index in [1.54, 1.807) is 6.92 Å². The molecule has 0 saturated heterocycles. The standard InChI is InChI=1S/C16H20N2O2S/c1-3-5-11-13-17-14(16(19)20-4-2)15(18-13)21-12-9-7-6-8-10-12/h6-10H,3-5,11H2,1-2H3,(H,17,18). The van der Waals surface area contributed by atoms with Gasteiger partial charge in [-0.3, -0.25) is 0 Å². The van der Waals surface area contributed by atoms with Crippen LogP contribution < -0.4 is 0 Å². The highest BCUT2D eigenvalue weighted by molar-refractivity contribution is 7.99. The molecule has 0 unspecified atom stereocenters. The Labute approximate surface area is 129 Å². The summed E-state index contributed by atoms with van der Waals surface area (Å²) in [6, 6.07) is 9.90. The molecule has 112 valence electrons. The van der Waals surface area contributed by atoms with Gasteiger partial charge in [-0.25, -0.2) is 9.78 Å². The van der Waals surface area contributed by atoms with Crippen LogP contribution in [0.4, 0.5) is 0 Å². The predicted octanol–water partition coefficient (Wildman–Crippen LogP) is 4.08. The van der Waals surface area contributed by atoms with Crippen molar-refractivity contribution in [2.45, 2.75) is 43.0 Å². The van der Waals surface area contributed by atoms with Crippen molar-refractivity contribution >= 4 is 17.7 Å². The summed E-state index contributed by atoms with van der Waals surface area (Å²) >= 11 is 1.48. The Bertz CT molecular complexity index is 581. The van der Waals surface area contributed by atoms with Crippen molar-refractivity contribution in [3.05, 3.63) is 41.9 Å². The molecule has 0 amide bonds. The number of aromatic nitrogens is 2. The minimum atomic E-state index is -0.342. The lowest BCUT2D eigenvalue weighted by Crippen LogP contribution is -2.06. The lowest BCUT2D eigenvalue weighted by Gasteiger charge is -2.02. The molecule has 0 aliphatic heterocycles. The highest BCUT2D eigenvalue weighted by atomic mass is 32.2. The normalized spacial score (nSPS) is 10.6. The first-order valence-electron chi connectivity index (χ1n) is 7.23. The number of esters is 1. The average molecular weight is 304 g/mol. The molecule has 4 nitrogen and oxygen atoms in total. The Morgan fingerprint density at radius 3 is 2.71 bits per heavy atom. The number of ether oxygens (including phenoxy) is 1. The largest absolute Gasteiger partial charge is 0.461 e. The number of carbonyl (C=O) groups excluding carboxylic acids is 1. The summed E-state index contributed by atoms with van der Waals surface area (Å²) < 4.78 is 5.10. The quantitative estimate of drug-likeness (QED) is 0.783. The molecule has 1 aromatic heterocycles. The molecule has 0 spiro atoms. The topological polar surface area (TPSA) is 55.0 Å². The van der Waals surface area contributed by atoms with E-state index >= 15 is 0 Å². The number of rotatable bonds is 7. The first-order chi connectivity index (χ1) is 10.2. The van der Waals surface area contributed by atoms with Crippen LogP contribution in [0.25, 0.3) is 0 Å². The second kappa shape index (κ2) is 7.88. The van der Waals surface area contributed by atoms with Crippen LogP contribution in [0.3, 0.4) is 0 Å². The Kier molecular flexibility index (Phi) is 5.87. The van der Waals surface area contributed by atoms with Gasteiger partial charge in [0.15, 0.2) is 5.69 Å². The molecule has 0 atom stereocenters. The van der Waals surface area contributed by atoms with Gasteiger partial charge in [0.1, 0.15) is 10.9 Å². The predicted molar refractivity (Wildman–Crippen MR) is 83.7 cm³/mol. The molecule has 2 aromatic rings. The van der Waals surface area contributed by atoms with Crippen molar-refractivity contribution < 1.29 is 9.53 Å².